The van der Waals surface area contributed by atoms with Crippen molar-refractivity contribution in [3.63, 3.8) is 0 Å². The predicted molar refractivity (Wildman–Crippen MR) is 87.1 cm³/mol. The zero-order valence-corrected chi connectivity index (χ0v) is 13.7. The van der Waals surface area contributed by atoms with Crippen molar-refractivity contribution in [2.75, 3.05) is 6.54 Å². The lowest BCUT2D eigenvalue weighted by Gasteiger charge is -2.08. The van der Waals surface area contributed by atoms with Crippen molar-refractivity contribution >= 4 is 33.2 Å². The molecule has 3 N–H and O–H groups in total. The molecule has 3 nitrogen and oxygen atoms in total. The smallest absolute Gasteiger partial charge is 0.248 e. The first-order chi connectivity index (χ1) is 9.56. The lowest BCUT2D eigenvalue weighted by molar-refractivity contribution is 0.1000. The molecule has 0 fully saturated rings. The number of primary amides is 1. The van der Waals surface area contributed by atoms with Crippen molar-refractivity contribution in [2.24, 2.45) is 5.73 Å². The van der Waals surface area contributed by atoms with Gasteiger partial charge < -0.3 is 11.1 Å². The molecular formula is C15H17BrN2OS. The fourth-order valence-electron chi connectivity index (χ4n) is 1.97. The van der Waals surface area contributed by atoms with Crippen LogP contribution in [0.25, 0.3) is 0 Å². The van der Waals surface area contributed by atoms with E-state index in [0.29, 0.717) is 5.56 Å². The molecule has 0 unspecified atom stereocenters. The summed E-state index contributed by atoms with van der Waals surface area (Å²) in [6.45, 7) is 3.74. The molecule has 1 aromatic heterocycles. The second-order valence-electron chi connectivity index (χ2n) is 4.64. The highest BCUT2D eigenvalue weighted by Crippen LogP contribution is 2.22. The summed E-state index contributed by atoms with van der Waals surface area (Å²) < 4.78 is 1.17. The Kier molecular flexibility index (Phi) is 5.34. The van der Waals surface area contributed by atoms with Gasteiger partial charge in [-0.3, -0.25) is 4.79 Å². The van der Waals surface area contributed by atoms with Gasteiger partial charge in [0.15, 0.2) is 0 Å². The van der Waals surface area contributed by atoms with Crippen molar-refractivity contribution in [1.29, 1.82) is 0 Å². The van der Waals surface area contributed by atoms with E-state index in [9.17, 15) is 4.79 Å². The van der Waals surface area contributed by atoms with Gasteiger partial charge >= 0.3 is 0 Å². The number of rotatable bonds is 6. The highest BCUT2D eigenvalue weighted by atomic mass is 79.9. The number of nitrogens with one attached hydrogen (secondary N) is 1. The average Bonchev–Trinajstić information content (AvgIpc) is 2.81. The summed E-state index contributed by atoms with van der Waals surface area (Å²) in [5.41, 5.74) is 8.12. The van der Waals surface area contributed by atoms with E-state index >= 15 is 0 Å². The molecule has 0 saturated heterocycles. The third-order valence-corrected chi connectivity index (χ3v) is 4.80. The molecule has 1 heterocycles. The maximum Gasteiger partial charge on any atom is 0.248 e. The number of thiophene rings is 1. The summed E-state index contributed by atoms with van der Waals surface area (Å²) in [5, 5.41) is 3.42. The molecule has 0 spiro atoms. The number of carbonyl (C=O) groups excluding carboxylic acids is 1. The summed E-state index contributed by atoms with van der Waals surface area (Å²) in [6.07, 6.45) is 1.02. The first-order valence-electron chi connectivity index (χ1n) is 6.40. The Balaban J connectivity index is 1.83. The minimum Gasteiger partial charge on any atom is -0.366 e. The van der Waals surface area contributed by atoms with Crippen LogP contribution in [0, 0.1) is 6.92 Å². The highest BCUT2D eigenvalue weighted by Gasteiger charge is 2.04. The molecule has 0 aliphatic carbocycles. The van der Waals surface area contributed by atoms with E-state index in [1.165, 1.54) is 14.2 Å². The molecule has 0 saturated carbocycles. The summed E-state index contributed by atoms with van der Waals surface area (Å²) in [5.74, 6) is -0.379. The lowest BCUT2D eigenvalue weighted by Crippen LogP contribution is -2.17. The van der Waals surface area contributed by atoms with Gasteiger partial charge in [-0.25, -0.2) is 0 Å². The van der Waals surface area contributed by atoms with E-state index in [2.05, 4.69) is 33.4 Å². The molecule has 1 aromatic carbocycles. The van der Waals surface area contributed by atoms with E-state index in [1.807, 2.05) is 19.1 Å². The van der Waals surface area contributed by atoms with E-state index < -0.39 is 0 Å². The van der Waals surface area contributed by atoms with Crippen LogP contribution in [0.4, 0.5) is 0 Å². The Hall–Kier alpha value is -1.17. The standard InChI is InChI=1S/C15H17BrN2OS/c1-10-8-11(15(17)19)2-3-12(10)9-18-7-6-13-4-5-14(16)20-13/h2-5,8,18H,6-7,9H2,1H3,(H2,17,19). The number of carbonyl (C=O) groups is 1. The molecule has 20 heavy (non-hydrogen) atoms. The molecule has 0 aliphatic rings. The molecule has 0 bridgehead atoms. The number of amides is 1. The number of halogens is 1. The van der Waals surface area contributed by atoms with Gasteiger partial charge in [-0.2, -0.15) is 0 Å². The van der Waals surface area contributed by atoms with Gasteiger partial charge in [0, 0.05) is 23.5 Å². The molecule has 5 heteroatoms. The quantitative estimate of drug-likeness (QED) is 0.784. The maximum absolute atomic E-state index is 11.1. The van der Waals surface area contributed by atoms with Crippen molar-refractivity contribution < 1.29 is 4.79 Å². The maximum atomic E-state index is 11.1. The van der Waals surface area contributed by atoms with Crippen LogP contribution in [-0.2, 0) is 13.0 Å². The van der Waals surface area contributed by atoms with Crippen LogP contribution in [0.2, 0.25) is 0 Å². The number of nitrogens with two attached hydrogens (primary N) is 1. The van der Waals surface area contributed by atoms with Crippen LogP contribution in [-0.4, -0.2) is 12.5 Å². The fourth-order valence-corrected chi connectivity index (χ4v) is 3.45. The fraction of sp³-hybridized carbons (Fsp3) is 0.267. The molecule has 2 rings (SSSR count). The minimum atomic E-state index is -0.379. The third-order valence-electron chi connectivity index (χ3n) is 3.12. The van der Waals surface area contributed by atoms with Crippen molar-refractivity contribution in [3.05, 3.63) is 55.7 Å². The third kappa shape index (κ3) is 4.16. The number of hydrogen-bond acceptors (Lipinski definition) is 3. The summed E-state index contributed by atoms with van der Waals surface area (Å²) in [7, 11) is 0. The summed E-state index contributed by atoms with van der Waals surface area (Å²) in [6, 6.07) is 9.80. The zero-order chi connectivity index (χ0) is 14.5. The molecule has 2 aromatic rings. The van der Waals surface area contributed by atoms with Gasteiger partial charge in [-0.1, -0.05) is 6.07 Å². The Morgan fingerprint density at radius 3 is 2.75 bits per heavy atom. The molecule has 0 atom stereocenters. The minimum absolute atomic E-state index is 0.379. The van der Waals surface area contributed by atoms with Crippen LogP contribution >= 0.6 is 27.3 Å². The molecule has 0 aliphatic heterocycles. The largest absolute Gasteiger partial charge is 0.366 e. The topological polar surface area (TPSA) is 55.1 Å². The monoisotopic (exact) mass is 352 g/mol. The Bertz CT molecular complexity index is 610. The summed E-state index contributed by atoms with van der Waals surface area (Å²) >= 11 is 5.23. The van der Waals surface area contributed by atoms with Gasteiger partial charge in [-0.15, -0.1) is 11.3 Å². The normalized spacial score (nSPS) is 10.7. The Morgan fingerprint density at radius 1 is 1.35 bits per heavy atom. The van der Waals surface area contributed by atoms with Crippen LogP contribution in [0.15, 0.2) is 34.1 Å². The van der Waals surface area contributed by atoms with Crippen LogP contribution in [0.5, 0.6) is 0 Å². The first-order valence-corrected chi connectivity index (χ1v) is 8.01. The number of aryl methyl sites for hydroxylation is 1. The molecule has 1 amide bonds. The number of benzene rings is 1. The second kappa shape index (κ2) is 7.02. The van der Waals surface area contributed by atoms with Crippen molar-refractivity contribution in [1.82, 2.24) is 5.32 Å². The SMILES string of the molecule is Cc1cc(C(N)=O)ccc1CNCCc1ccc(Br)s1. The molecule has 0 radical (unpaired) electrons. The van der Waals surface area contributed by atoms with Crippen LogP contribution in [0.3, 0.4) is 0 Å². The second-order valence-corrected chi connectivity index (χ2v) is 7.19. The van der Waals surface area contributed by atoms with Gasteiger partial charge in [0.05, 0.1) is 3.79 Å². The van der Waals surface area contributed by atoms with Crippen molar-refractivity contribution in [3.8, 4) is 0 Å². The molecule has 106 valence electrons. The number of hydrogen-bond donors (Lipinski definition) is 2. The Labute approximate surface area is 131 Å². The molecular weight excluding hydrogens is 336 g/mol. The lowest BCUT2D eigenvalue weighted by atomic mass is 10.0. The average molecular weight is 353 g/mol. The Morgan fingerprint density at radius 2 is 2.15 bits per heavy atom. The van der Waals surface area contributed by atoms with E-state index in [4.69, 9.17) is 5.73 Å². The summed E-state index contributed by atoms with van der Waals surface area (Å²) in [4.78, 5) is 12.5. The van der Waals surface area contributed by atoms with Crippen LogP contribution < -0.4 is 11.1 Å². The predicted octanol–water partition coefficient (Wildman–Crippen LogP) is 3.25. The van der Waals surface area contributed by atoms with Gasteiger partial charge in [0.25, 0.3) is 0 Å². The van der Waals surface area contributed by atoms with Crippen molar-refractivity contribution in [2.45, 2.75) is 19.9 Å². The van der Waals surface area contributed by atoms with E-state index in [1.54, 1.807) is 17.4 Å². The van der Waals surface area contributed by atoms with Crippen LogP contribution in [0.1, 0.15) is 26.4 Å². The first kappa shape index (κ1) is 15.2. The highest BCUT2D eigenvalue weighted by molar-refractivity contribution is 9.11. The van der Waals surface area contributed by atoms with E-state index in [0.717, 1.165) is 25.1 Å². The van der Waals surface area contributed by atoms with E-state index in [-0.39, 0.29) is 5.91 Å². The van der Waals surface area contributed by atoms with Gasteiger partial charge in [0.1, 0.15) is 0 Å². The van der Waals surface area contributed by atoms with Gasteiger partial charge in [0.2, 0.25) is 5.91 Å². The van der Waals surface area contributed by atoms with Gasteiger partial charge in [-0.05, 0) is 64.7 Å². The zero-order valence-electron chi connectivity index (χ0n) is 11.3.